The molecule has 0 unspecified atom stereocenters. The summed E-state index contributed by atoms with van der Waals surface area (Å²) in [5, 5.41) is 0. The third kappa shape index (κ3) is 2.52. The minimum atomic E-state index is -0.112. The number of nitrogens with zero attached hydrogens (tertiary/aromatic N) is 2. The predicted molar refractivity (Wildman–Crippen MR) is 57.1 cm³/mol. The van der Waals surface area contributed by atoms with E-state index in [1.54, 1.807) is 18.5 Å². The molecule has 1 heterocycles. The minimum Gasteiger partial charge on any atom is -0.366 e. The van der Waals surface area contributed by atoms with Crippen LogP contribution >= 0.6 is 0 Å². The summed E-state index contributed by atoms with van der Waals surface area (Å²) in [4.78, 5) is 8.26. The molecule has 1 aliphatic carbocycles. The van der Waals surface area contributed by atoms with Crippen molar-refractivity contribution in [2.75, 3.05) is 6.54 Å². The molecule has 82 valence electrons. The smallest absolute Gasteiger partial charge is 0.153 e. The van der Waals surface area contributed by atoms with Crippen LogP contribution in [0.3, 0.4) is 0 Å². The van der Waals surface area contributed by atoms with E-state index >= 15 is 0 Å². The molecule has 0 aliphatic heterocycles. The Balaban J connectivity index is 1.92. The molecule has 0 saturated heterocycles. The molecule has 0 bridgehead atoms. The topological polar surface area (TPSA) is 61.0 Å². The predicted octanol–water partition coefficient (Wildman–Crippen LogP) is 1.26. The lowest BCUT2D eigenvalue weighted by atomic mass is 10.0. The van der Waals surface area contributed by atoms with Crippen molar-refractivity contribution in [3.8, 4) is 0 Å². The van der Waals surface area contributed by atoms with Crippen molar-refractivity contribution >= 4 is 0 Å². The molecule has 4 nitrogen and oxygen atoms in total. The zero-order valence-corrected chi connectivity index (χ0v) is 8.85. The van der Waals surface area contributed by atoms with E-state index in [2.05, 4.69) is 9.97 Å². The fourth-order valence-electron chi connectivity index (χ4n) is 2.05. The van der Waals surface area contributed by atoms with Crippen LogP contribution in [0.2, 0.25) is 0 Å². The zero-order valence-electron chi connectivity index (χ0n) is 8.85. The summed E-state index contributed by atoms with van der Waals surface area (Å²) in [5.74, 6) is 0.734. The summed E-state index contributed by atoms with van der Waals surface area (Å²) in [6.45, 7) is 1.07. The van der Waals surface area contributed by atoms with E-state index in [1.807, 2.05) is 0 Å². The molecule has 0 spiro atoms. The largest absolute Gasteiger partial charge is 0.366 e. The highest BCUT2D eigenvalue weighted by Gasteiger charge is 2.33. The summed E-state index contributed by atoms with van der Waals surface area (Å²) in [7, 11) is 0. The number of hydrogen-bond donors (Lipinski definition) is 1. The fraction of sp³-hybridized carbons (Fsp3) is 0.636. The highest BCUT2D eigenvalue weighted by atomic mass is 16.5. The van der Waals surface area contributed by atoms with E-state index in [0.717, 1.165) is 18.7 Å². The lowest BCUT2D eigenvalue weighted by molar-refractivity contribution is -0.0475. The second-order valence-corrected chi connectivity index (χ2v) is 4.05. The van der Waals surface area contributed by atoms with Gasteiger partial charge in [0, 0.05) is 18.9 Å². The van der Waals surface area contributed by atoms with Crippen LogP contribution in [0, 0.1) is 0 Å². The molecule has 1 aliphatic rings. The van der Waals surface area contributed by atoms with Crippen LogP contribution in [0.5, 0.6) is 0 Å². The fourth-order valence-corrected chi connectivity index (χ4v) is 2.05. The van der Waals surface area contributed by atoms with E-state index in [9.17, 15) is 0 Å². The number of hydrogen-bond acceptors (Lipinski definition) is 4. The van der Waals surface area contributed by atoms with Gasteiger partial charge in [0.1, 0.15) is 6.61 Å². The normalized spacial score (nSPS) is 19.3. The molecule has 2 rings (SSSR count). The summed E-state index contributed by atoms with van der Waals surface area (Å²) < 4.78 is 5.88. The first-order valence-electron chi connectivity index (χ1n) is 5.45. The second-order valence-electron chi connectivity index (χ2n) is 4.05. The van der Waals surface area contributed by atoms with Crippen molar-refractivity contribution in [3.05, 3.63) is 24.3 Å². The maximum atomic E-state index is 5.88. The second kappa shape index (κ2) is 4.68. The summed E-state index contributed by atoms with van der Waals surface area (Å²) in [6, 6.07) is 1.80. The first-order chi connectivity index (χ1) is 7.35. The van der Waals surface area contributed by atoms with Gasteiger partial charge in [0.05, 0.1) is 5.60 Å². The molecule has 1 fully saturated rings. The van der Waals surface area contributed by atoms with Crippen LogP contribution in [0.15, 0.2) is 18.5 Å². The monoisotopic (exact) mass is 207 g/mol. The van der Waals surface area contributed by atoms with Crippen molar-refractivity contribution in [1.29, 1.82) is 0 Å². The van der Waals surface area contributed by atoms with Gasteiger partial charge in [0.15, 0.2) is 5.82 Å². The van der Waals surface area contributed by atoms with Crippen LogP contribution in [0.1, 0.15) is 31.5 Å². The quantitative estimate of drug-likeness (QED) is 0.807. The van der Waals surface area contributed by atoms with Crippen molar-refractivity contribution in [2.45, 2.75) is 37.9 Å². The van der Waals surface area contributed by atoms with Gasteiger partial charge in [-0.25, -0.2) is 9.97 Å². The van der Waals surface area contributed by atoms with Gasteiger partial charge in [-0.05, 0) is 18.9 Å². The Kier molecular flexibility index (Phi) is 3.28. The zero-order chi connectivity index (χ0) is 10.6. The molecule has 1 aromatic heterocycles. The molecule has 4 heteroatoms. The maximum Gasteiger partial charge on any atom is 0.153 e. The Bertz CT molecular complexity index is 296. The summed E-state index contributed by atoms with van der Waals surface area (Å²) >= 11 is 0. The highest BCUT2D eigenvalue weighted by Crippen LogP contribution is 2.32. The first kappa shape index (κ1) is 10.5. The Labute approximate surface area is 89.9 Å². The maximum absolute atomic E-state index is 5.88. The van der Waals surface area contributed by atoms with Crippen LogP contribution < -0.4 is 5.73 Å². The number of rotatable bonds is 4. The summed E-state index contributed by atoms with van der Waals surface area (Å²) in [5.41, 5.74) is 5.66. The van der Waals surface area contributed by atoms with Gasteiger partial charge in [-0.15, -0.1) is 0 Å². The molecular formula is C11H17N3O. The molecule has 15 heavy (non-hydrogen) atoms. The SMILES string of the molecule is NCC1(OCc2ncccn2)CCCC1. The van der Waals surface area contributed by atoms with Gasteiger partial charge in [0.25, 0.3) is 0 Å². The number of nitrogens with two attached hydrogens (primary N) is 1. The Morgan fingerprint density at radius 1 is 1.27 bits per heavy atom. The van der Waals surface area contributed by atoms with Crippen LogP contribution in [-0.2, 0) is 11.3 Å². The van der Waals surface area contributed by atoms with Crippen molar-refractivity contribution < 1.29 is 4.74 Å². The lowest BCUT2D eigenvalue weighted by Crippen LogP contribution is -2.37. The third-order valence-corrected chi connectivity index (χ3v) is 3.01. The summed E-state index contributed by atoms with van der Waals surface area (Å²) in [6.07, 6.45) is 8.03. The average molecular weight is 207 g/mol. The van der Waals surface area contributed by atoms with E-state index in [4.69, 9.17) is 10.5 Å². The lowest BCUT2D eigenvalue weighted by Gasteiger charge is -2.27. The molecular weight excluding hydrogens is 190 g/mol. The Morgan fingerprint density at radius 3 is 2.53 bits per heavy atom. The van der Waals surface area contributed by atoms with E-state index in [-0.39, 0.29) is 5.60 Å². The van der Waals surface area contributed by atoms with Crippen LogP contribution in [0.4, 0.5) is 0 Å². The molecule has 0 atom stereocenters. The average Bonchev–Trinajstić information content (AvgIpc) is 2.77. The molecule has 0 amide bonds. The van der Waals surface area contributed by atoms with Gasteiger partial charge in [0.2, 0.25) is 0 Å². The molecule has 0 radical (unpaired) electrons. The Hall–Kier alpha value is -1.00. The van der Waals surface area contributed by atoms with Crippen molar-refractivity contribution in [3.63, 3.8) is 0 Å². The Morgan fingerprint density at radius 2 is 1.93 bits per heavy atom. The van der Waals surface area contributed by atoms with Crippen molar-refractivity contribution in [1.82, 2.24) is 9.97 Å². The van der Waals surface area contributed by atoms with Gasteiger partial charge >= 0.3 is 0 Å². The third-order valence-electron chi connectivity index (χ3n) is 3.01. The molecule has 1 saturated carbocycles. The number of ether oxygens (including phenoxy) is 1. The van der Waals surface area contributed by atoms with Crippen LogP contribution in [-0.4, -0.2) is 22.1 Å². The van der Waals surface area contributed by atoms with Gasteiger partial charge in [-0.3, -0.25) is 0 Å². The van der Waals surface area contributed by atoms with E-state index in [0.29, 0.717) is 13.2 Å². The minimum absolute atomic E-state index is 0.112. The van der Waals surface area contributed by atoms with Crippen molar-refractivity contribution in [2.24, 2.45) is 5.73 Å². The van der Waals surface area contributed by atoms with Crippen LogP contribution in [0.25, 0.3) is 0 Å². The van der Waals surface area contributed by atoms with Gasteiger partial charge in [-0.2, -0.15) is 0 Å². The molecule has 1 aromatic rings. The van der Waals surface area contributed by atoms with Gasteiger partial charge < -0.3 is 10.5 Å². The highest BCUT2D eigenvalue weighted by molar-refractivity contribution is 4.90. The molecule has 0 aromatic carbocycles. The first-order valence-corrected chi connectivity index (χ1v) is 5.45. The van der Waals surface area contributed by atoms with E-state index < -0.39 is 0 Å². The number of aromatic nitrogens is 2. The molecule has 2 N–H and O–H groups in total. The standard InChI is InChI=1S/C11H17N3O/c12-9-11(4-1-2-5-11)15-8-10-13-6-3-7-14-10/h3,6-7H,1-2,4-5,8-9,12H2. The van der Waals surface area contributed by atoms with E-state index in [1.165, 1.54) is 12.8 Å². The van der Waals surface area contributed by atoms with Gasteiger partial charge in [-0.1, -0.05) is 12.8 Å².